The second-order valence-electron chi connectivity index (χ2n) is 3.68. The van der Waals surface area contributed by atoms with E-state index in [0.29, 0.717) is 12.4 Å². The molecule has 0 radical (unpaired) electrons. The first-order valence-corrected chi connectivity index (χ1v) is 5.28. The van der Waals surface area contributed by atoms with Crippen molar-refractivity contribution in [3.8, 4) is 11.5 Å². The SMILES string of the molecule is CONCc1cc2c(cc1C(F)(F)F)OCCO2. The lowest BCUT2D eigenvalue weighted by atomic mass is 10.1. The lowest BCUT2D eigenvalue weighted by molar-refractivity contribution is -0.138. The third kappa shape index (κ3) is 2.68. The van der Waals surface area contributed by atoms with Crippen LogP contribution in [0.25, 0.3) is 0 Å². The van der Waals surface area contributed by atoms with Crippen LogP contribution in [0.15, 0.2) is 12.1 Å². The molecule has 1 heterocycles. The molecule has 0 aliphatic carbocycles. The van der Waals surface area contributed by atoms with Crippen LogP contribution in [0.1, 0.15) is 11.1 Å². The minimum Gasteiger partial charge on any atom is -0.486 e. The number of ether oxygens (including phenoxy) is 2. The Labute approximate surface area is 102 Å². The molecule has 0 spiro atoms. The van der Waals surface area contributed by atoms with Crippen molar-refractivity contribution >= 4 is 0 Å². The Morgan fingerprint density at radius 1 is 1.22 bits per heavy atom. The number of hydrogen-bond acceptors (Lipinski definition) is 4. The van der Waals surface area contributed by atoms with E-state index in [0.717, 1.165) is 6.07 Å². The first-order valence-electron chi connectivity index (χ1n) is 5.28. The monoisotopic (exact) mass is 263 g/mol. The average Bonchev–Trinajstić information content (AvgIpc) is 2.34. The van der Waals surface area contributed by atoms with Gasteiger partial charge in [0.1, 0.15) is 13.2 Å². The maximum absolute atomic E-state index is 12.9. The molecular weight excluding hydrogens is 251 g/mol. The van der Waals surface area contributed by atoms with Crippen LogP contribution in [-0.2, 0) is 17.6 Å². The molecule has 1 aromatic rings. The third-order valence-corrected chi connectivity index (χ3v) is 2.48. The molecule has 100 valence electrons. The van der Waals surface area contributed by atoms with Crippen molar-refractivity contribution in [2.45, 2.75) is 12.7 Å². The number of rotatable bonds is 3. The molecule has 0 saturated heterocycles. The number of hydrogen-bond donors (Lipinski definition) is 1. The van der Waals surface area contributed by atoms with Gasteiger partial charge in [0.05, 0.1) is 12.7 Å². The molecule has 0 atom stereocenters. The minimum atomic E-state index is -4.44. The molecule has 0 amide bonds. The van der Waals surface area contributed by atoms with Gasteiger partial charge in [-0.05, 0) is 17.7 Å². The second kappa shape index (κ2) is 5.03. The first-order chi connectivity index (χ1) is 8.52. The van der Waals surface area contributed by atoms with Gasteiger partial charge in [-0.25, -0.2) is 0 Å². The van der Waals surface area contributed by atoms with E-state index < -0.39 is 11.7 Å². The number of nitrogens with one attached hydrogen (secondary N) is 1. The Hall–Kier alpha value is -1.47. The van der Waals surface area contributed by atoms with Gasteiger partial charge in [-0.3, -0.25) is 0 Å². The van der Waals surface area contributed by atoms with Gasteiger partial charge < -0.3 is 14.3 Å². The third-order valence-electron chi connectivity index (χ3n) is 2.48. The van der Waals surface area contributed by atoms with E-state index in [2.05, 4.69) is 10.3 Å². The normalized spacial score (nSPS) is 14.7. The van der Waals surface area contributed by atoms with Gasteiger partial charge in [-0.1, -0.05) is 0 Å². The largest absolute Gasteiger partial charge is 0.486 e. The summed E-state index contributed by atoms with van der Waals surface area (Å²) in [6.07, 6.45) is -4.44. The van der Waals surface area contributed by atoms with Crippen molar-refractivity contribution < 1.29 is 27.5 Å². The summed E-state index contributed by atoms with van der Waals surface area (Å²) in [7, 11) is 1.34. The van der Waals surface area contributed by atoms with Gasteiger partial charge in [0.15, 0.2) is 11.5 Å². The topological polar surface area (TPSA) is 39.7 Å². The minimum absolute atomic E-state index is 0.0496. The van der Waals surface area contributed by atoms with Crippen LogP contribution in [0.5, 0.6) is 11.5 Å². The van der Waals surface area contributed by atoms with Gasteiger partial charge in [-0.15, -0.1) is 0 Å². The molecule has 18 heavy (non-hydrogen) atoms. The summed E-state index contributed by atoms with van der Waals surface area (Å²) in [5.41, 5.74) is 1.68. The molecular formula is C11H12F3NO3. The summed E-state index contributed by atoms with van der Waals surface area (Å²) in [5.74, 6) is 0.442. The van der Waals surface area contributed by atoms with Crippen molar-refractivity contribution in [1.82, 2.24) is 5.48 Å². The van der Waals surface area contributed by atoms with Crippen molar-refractivity contribution in [2.75, 3.05) is 20.3 Å². The molecule has 0 saturated carbocycles. The van der Waals surface area contributed by atoms with Crippen LogP contribution >= 0.6 is 0 Å². The van der Waals surface area contributed by atoms with E-state index in [4.69, 9.17) is 9.47 Å². The highest BCUT2D eigenvalue weighted by Crippen LogP contribution is 2.40. The van der Waals surface area contributed by atoms with Crippen LogP contribution < -0.4 is 15.0 Å². The maximum Gasteiger partial charge on any atom is 0.416 e. The zero-order valence-corrected chi connectivity index (χ0v) is 9.63. The van der Waals surface area contributed by atoms with E-state index in [9.17, 15) is 13.2 Å². The van der Waals surface area contributed by atoms with Crippen molar-refractivity contribution in [1.29, 1.82) is 0 Å². The van der Waals surface area contributed by atoms with Gasteiger partial charge in [0, 0.05) is 6.54 Å². The van der Waals surface area contributed by atoms with Gasteiger partial charge in [0.25, 0.3) is 0 Å². The highest BCUT2D eigenvalue weighted by atomic mass is 19.4. The molecule has 7 heteroatoms. The van der Waals surface area contributed by atoms with E-state index >= 15 is 0 Å². The average molecular weight is 263 g/mol. The summed E-state index contributed by atoms with van der Waals surface area (Å²) in [5, 5.41) is 0. The highest BCUT2D eigenvalue weighted by molar-refractivity contribution is 5.49. The van der Waals surface area contributed by atoms with Gasteiger partial charge in [-0.2, -0.15) is 18.7 Å². The Morgan fingerprint density at radius 2 is 1.83 bits per heavy atom. The standard InChI is InChI=1S/C11H12F3NO3/c1-16-15-6-7-4-9-10(18-3-2-17-9)5-8(7)11(12,13)14/h4-5,15H,2-3,6H2,1H3. The summed E-state index contributed by atoms with van der Waals surface area (Å²) in [6, 6.07) is 2.28. The summed E-state index contributed by atoms with van der Waals surface area (Å²) >= 11 is 0. The summed E-state index contributed by atoms with van der Waals surface area (Å²) in [4.78, 5) is 4.57. The molecule has 0 unspecified atom stereocenters. The fourth-order valence-electron chi connectivity index (χ4n) is 1.69. The quantitative estimate of drug-likeness (QED) is 0.848. The Kier molecular flexibility index (Phi) is 3.63. The zero-order valence-electron chi connectivity index (χ0n) is 9.63. The van der Waals surface area contributed by atoms with E-state index in [1.165, 1.54) is 13.2 Å². The molecule has 1 N–H and O–H groups in total. The first kappa shape index (κ1) is 13.0. The molecule has 0 bridgehead atoms. The van der Waals surface area contributed by atoms with Gasteiger partial charge >= 0.3 is 6.18 Å². The van der Waals surface area contributed by atoms with Crippen molar-refractivity contribution in [2.24, 2.45) is 0 Å². The van der Waals surface area contributed by atoms with Crippen LogP contribution in [0.3, 0.4) is 0 Å². The molecule has 0 aromatic heterocycles. The van der Waals surface area contributed by atoms with Crippen LogP contribution in [0, 0.1) is 0 Å². The molecule has 4 nitrogen and oxygen atoms in total. The van der Waals surface area contributed by atoms with Crippen LogP contribution in [-0.4, -0.2) is 20.3 Å². The van der Waals surface area contributed by atoms with E-state index in [1.807, 2.05) is 0 Å². The number of hydroxylamine groups is 1. The van der Waals surface area contributed by atoms with E-state index in [-0.39, 0.29) is 24.5 Å². The lowest BCUT2D eigenvalue weighted by Gasteiger charge is -2.22. The summed E-state index contributed by atoms with van der Waals surface area (Å²) < 4.78 is 49.0. The van der Waals surface area contributed by atoms with Crippen molar-refractivity contribution in [3.63, 3.8) is 0 Å². The van der Waals surface area contributed by atoms with Crippen LogP contribution in [0.2, 0.25) is 0 Å². The molecule has 2 rings (SSSR count). The Bertz CT molecular complexity index is 434. The number of alkyl halides is 3. The summed E-state index contributed by atoms with van der Waals surface area (Å²) in [6.45, 7) is 0.511. The van der Waals surface area contributed by atoms with Gasteiger partial charge in [0.2, 0.25) is 0 Å². The number of halogens is 3. The number of fused-ring (bicyclic) bond motifs is 1. The number of benzene rings is 1. The maximum atomic E-state index is 12.9. The molecule has 0 fully saturated rings. The highest BCUT2D eigenvalue weighted by Gasteiger charge is 2.35. The Balaban J connectivity index is 2.41. The predicted molar refractivity (Wildman–Crippen MR) is 56.3 cm³/mol. The molecule has 1 aromatic carbocycles. The predicted octanol–water partition coefficient (Wildman–Crippen LogP) is 2.13. The zero-order chi connectivity index (χ0) is 13.2. The molecule has 1 aliphatic heterocycles. The second-order valence-corrected chi connectivity index (χ2v) is 3.68. The van der Waals surface area contributed by atoms with Crippen LogP contribution in [0.4, 0.5) is 13.2 Å². The molecule has 1 aliphatic rings. The Morgan fingerprint density at radius 3 is 2.39 bits per heavy atom. The smallest absolute Gasteiger partial charge is 0.416 e. The fourth-order valence-corrected chi connectivity index (χ4v) is 1.69. The van der Waals surface area contributed by atoms with E-state index in [1.54, 1.807) is 0 Å². The van der Waals surface area contributed by atoms with Crippen molar-refractivity contribution in [3.05, 3.63) is 23.3 Å². The fraction of sp³-hybridized carbons (Fsp3) is 0.455. The lowest BCUT2D eigenvalue weighted by Crippen LogP contribution is -2.20.